The van der Waals surface area contributed by atoms with Crippen LogP contribution in [0.5, 0.6) is 5.75 Å². The molecule has 2 aliphatic rings. The standard InChI is InChI=1S/C24H29N5O2/c1-15-21-18(13-19(17-10-11-17)26-23(21)29(2)28-15)24(30)27-22-20(9-6-12-25-22)31-14-16-7-4-3-5-8-16/h6,9,12-13,16-17H,3-5,7-8,10-11,14H2,1-2H3,(H,25,27,30). The molecule has 0 bridgehead atoms. The maximum Gasteiger partial charge on any atom is 0.257 e. The van der Waals surface area contributed by atoms with Crippen LogP contribution in [0.3, 0.4) is 0 Å². The van der Waals surface area contributed by atoms with Crippen molar-refractivity contribution in [1.82, 2.24) is 19.7 Å². The highest BCUT2D eigenvalue weighted by atomic mass is 16.5. The molecule has 7 nitrogen and oxygen atoms in total. The molecule has 0 atom stereocenters. The van der Waals surface area contributed by atoms with Crippen molar-refractivity contribution in [3.8, 4) is 5.75 Å². The van der Waals surface area contributed by atoms with E-state index in [0.29, 0.717) is 35.6 Å². The first-order chi connectivity index (χ1) is 15.1. The van der Waals surface area contributed by atoms with Gasteiger partial charge in [0.2, 0.25) is 0 Å². The highest BCUT2D eigenvalue weighted by Gasteiger charge is 2.29. The number of ether oxygens (including phenoxy) is 1. The third-order valence-electron chi connectivity index (χ3n) is 6.43. The molecule has 3 aromatic heterocycles. The average Bonchev–Trinajstić information content (AvgIpc) is 3.59. The Morgan fingerprint density at radius 2 is 2.03 bits per heavy atom. The minimum atomic E-state index is -0.202. The molecule has 5 rings (SSSR count). The Balaban J connectivity index is 1.41. The Hall–Kier alpha value is -2.96. The number of hydrogen-bond donors (Lipinski definition) is 1. The van der Waals surface area contributed by atoms with Crippen LogP contribution in [0, 0.1) is 12.8 Å². The highest BCUT2D eigenvalue weighted by Crippen LogP contribution is 2.40. The summed E-state index contributed by atoms with van der Waals surface area (Å²) < 4.78 is 7.85. The monoisotopic (exact) mass is 419 g/mol. The zero-order chi connectivity index (χ0) is 21.4. The van der Waals surface area contributed by atoms with E-state index in [1.165, 1.54) is 32.1 Å². The number of nitrogens with zero attached hydrogens (tertiary/aromatic N) is 4. The third kappa shape index (κ3) is 4.13. The van der Waals surface area contributed by atoms with Crippen LogP contribution in [0.2, 0.25) is 0 Å². The van der Waals surface area contributed by atoms with Crippen molar-refractivity contribution in [1.29, 1.82) is 0 Å². The molecule has 0 aliphatic heterocycles. The summed E-state index contributed by atoms with van der Waals surface area (Å²) in [5, 5.41) is 8.28. The maximum atomic E-state index is 13.4. The van der Waals surface area contributed by atoms with Crippen molar-refractivity contribution in [3.63, 3.8) is 0 Å². The lowest BCUT2D eigenvalue weighted by Crippen LogP contribution is -2.18. The van der Waals surface area contributed by atoms with Crippen LogP contribution in [-0.2, 0) is 7.05 Å². The third-order valence-corrected chi connectivity index (χ3v) is 6.43. The molecule has 2 saturated carbocycles. The van der Waals surface area contributed by atoms with E-state index in [0.717, 1.165) is 35.3 Å². The van der Waals surface area contributed by atoms with Crippen molar-refractivity contribution < 1.29 is 9.53 Å². The SMILES string of the molecule is Cc1nn(C)c2nc(C3CC3)cc(C(=O)Nc3ncccc3OCC3CCCCC3)c12. The fourth-order valence-corrected chi connectivity index (χ4v) is 4.57. The molecule has 2 fully saturated rings. The molecular weight excluding hydrogens is 390 g/mol. The maximum absolute atomic E-state index is 13.4. The minimum absolute atomic E-state index is 0.202. The van der Waals surface area contributed by atoms with Crippen LogP contribution in [0.15, 0.2) is 24.4 Å². The first kappa shape index (κ1) is 20.0. The number of amides is 1. The van der Waals surface area contributed by atoms with E-state index in [1.807, 2.05) is 32.2 Å². The molecule has 0 saturated heterocycles. The van der Waals surface area contributed by atoms with Gasteiger partial charge in [-0.2, -0.15) is 5.10 Å². The number of hydrogen-bond acceptors (Lipinski definition) is 5. The van der Waals surface area contributed by atoms with Gasteiger partial charge in [-0.15, -0.1) is 0 Å². The summed E-state index contributed by atoms with van der Waals surface area (Å²) in [6, 6.07) is 5.64. The summed E-state index contributed by atoms with van der Waals surface area (Å²) in [4.78, 5) is 22.6. The van der Waals surface area contributed by atoms with E-state index in [4.69, 9.17) is 9.72 Å². The summed E-state index contributed by atoms with van der Waals surface area (Å²) in [6.45, 7) is 2.58. The molecule has 2 aliphatic carbocycles. The molecule has 1 amide bonds. The van der Waals surface area contributed by atoms with Gasteiger partial charge >= 0.3 is 0 Å². The largest absolute Gasteiger partial charge is 0.489 e. The van der Waals surface area contributed by atoms with E-state index < -0.39 is 0 Å². The van der Waals surface area contributed by atoms with E-state index in [2.05, 4.69) is 15.4 Å². The lowest BCUT2D eigenvalue weighted by atomic mass is 9.90. The van der Waals surface area contributed by atoms with E-state index in [-0.39, 0.29) is 5.91 Å². The second-order valence-corrected chi connectivity index (χ2v) is 8.90. The molecule has 3 aromatic rings. The van der Waals surface area contributed by atoms with Gasteiger partial charge in [-0.25, -0.2) is 9.97 Å². The van der Waals surface area contributed by atoms with Crippen molar-refractivity contribution in [2.45, 2.75) is 57.8 Å². The highest BCUT2D eigenvalue weighted by molar-refractivity contribution is 6.12. The number of anilines is 1. The van der Waals surface area contributed by atoms with Crippen LogP contribution < -0.4 is 10.1 Å². The molecule has 0 radical (unpaired) electrons. The Kier molecular flexibility index (Phi) is 5.34. The second kappa shape index (κ2) is 8.29. The fourth-order valence-electron chi connectivity index (χ4n) is 4.57. The Morgan fingerprint density at radius 1 is 1.23 bits per heavy atom. The zero-order valence-corrected chi connectivity index (χ0v) is 18.2. The first-order valence-electron chi connectivity index (χ1n) is 11.3. The minimum Gasteiger partial charge on any atom is -0.489 e. The lowest BCUT2D eigenvalue weighted by Gasteiger charge is -2.22. The predicted octanol–water partition coefficient (Wildman–Crippen LogP) is 4.76. The van der Waals surface area contributed by atoms with Crippen molar-refractivity contribution >= 4 is 22.8 Å². The predicted molar refractivity (Wildman–Crippen MR) is 119 cm³/mol. The summed E-state index contributed by atoms with van der Waals surface area (Å²) in [5.74, 6) is 1.90. The number of carbonyl (C=O) groups excluding carboxylic acids is 1. The summed E-state index contributed by atoms with van der Waals surface area (Å²) in [6.07, 6.45) is 10.2. The summed E-state index contributed by atoms with van der Waals surface area (Å²) in [7, 11) is 1.87. The fraction of sp³-hybridized carbons (Fsp3) is 0.500. The Bertz CT molecular complexity index is 1110. The molecular formula is C24H29N5O2. The van der Waals surface area contributed by atoms with Crippen LogP contribution in [0.25, 0.3) is 11.0 Å². The van der Waals surface area contributed by atoms with E-state index in [1.54, 1.807) is 10.9 Å². The number of pyridine rings is 2. The van der Waals surface area contributed by atoms with Crippen LogP contribution >= 0.6 is 0 Å². The van der Waals surface area contributed by atoms with Gasteiger partial charge in [0.1, 0.15) is 0 Å². The number of aryl methyl sites for hydroxylation is 2. The molecule has 1 N–H and O–H groups in total. The number of aromatic nitrogens is 4. The van der Waals surface area contributed by atoms with Gasteiger partial charge in [0.05, 0.1) is 23.3 Å². The first-order valence-corrected chi connectivity index (χ1v) is 11.3. The molecule has 3 heterocycles. The van der Waals surface area contributed by atoms with E-state index >= 15 is 0 Å². The summed E-state index contributed by atoms with van der Waals surface area (Å²) in [5.41, 5.74) is 3.12. The molecule has 0 unspecified atom stereocenters. The average molecular weight is 420 g/mol. The van der Waals surface area contributed by atoms with Gasteiger partial charge < -0.3 is 10.1 Å². The van der Waals surface area contributed by atoms with Crippen LogP contribution in [0.4, 0.5) is 5.82 Å². The second-order valence-electron chi connectivity index (χ2n) is 8.90. The number of fused-ring (bicyclic) bond motifs is 1. The molecule has 7 heteroatoms. The van der Waals surface area contributed by atoms with Gasteiger partial charge in [0.15, 0.2) is 17.2 Å². The number of rotatable bonds is 6. The van der Waals surface area contributed by atoms with Gasteiger partial charge in [-0.1, -0.05) is 19.3 Å². The van der Waals surface area contributed by atoms with Crippen LogP contribution in [0.1, 0.15) is 72.6 Å². The Labute approximate surface area is 182 Å². The van der Waals surface area contributed by atoms with E-state index in [9.17, 15) is 4.79 Å². The lowest BCUT2D eigenvalue weighted by molar-refractivity contribution is 0.102. The van der Waals surface area contributed by atoms with Gasteiger partial charge in [0.25, 0.3) is 5.91 Å². The van der Waals surface area contributed by atoms with Gasteiger partial charge in [0, 0.05) is 24.9 Å². The molecule has 31 heavy (non-hydrogen) atoms. The van der Waals surface area contributed by atoms with Crippen molar-refractivity contribution in [2.75, 3.05) is 11.9 Å². The number of carbonyl (C=O) groups is 1. The zero-order valence-electron chi connectivity index (χ0n) is 18.2. The Morgan fingerprint density at radius 3 is 2.81 bits per heavy atom. The quantitative estimate of drug-likeness (QED) is 0.623. The summed E-state index contributed by atoms with van der Waals surface area (Å²) >= 11 is 0. The van der Waals surface area contributed by atoms with Gasteiger partial charge in [-0.3, -0.25) is 9.48 Å². The van der Waals surface area contributed by atoms with Crippen LogP contribution in [-0.4, -0.2) is 32.3 Å². The topological polar surface area (TPSA) is 81.9 Å². The molecule has 0 aromatic carbocycles. The van der Waals surface area contributed by atoms with Crippen molar-refractivity contribution in [2.24, 2.45) is 13.0 Å². The molecule has 0 spiro atoms. The van der Waals surface area contributed by atoms with Crippen molar-refractivity contribution in [3.05, 3.63) is 41.3 Å². The normalized spacial score (nSPS) is 17.1. The van der Waals surface area contributed by atoms with Gasteiger partial charge in [-0.05, 0) is 56.7 Å². The smallest absolute Gasteiger partial charge is 0.257 e. The number of nitrogens with one attached hydrogen (secondary N) is 1. The molecule has 162 valence electrons.